The van der Waals surface area contributed by atoms with Crippen LogP contribution in [-0.4, -0.2) is 29.0 Å². The van der Waals surface area contributed by atoms with Gasteiger partial charge in [-0.05, 0) is 61.9 Å². The van der Waals surface area contributed by atoms with E-state index >= 15 is 0 Å². The van der Waals surface area contributed by atoms with Gasteiger partial charge >= 0.3 is 7.60 Å². The summed E-state index contributed by atoms with van der Waals surface area (Å²) in [5.41, 5.74) is 3.74. The van der Waals surface area contributed by atoms with Gasteiger partial charge in [0.15, 0.2) is 10.2 Å². The second-order valence-corrected chi connectivity index (χ2v) is 10.8. The van der Waals surface area contributed by atoms with Gasteiger partial charge < -0.3 is 20.5 Å². The van der Waals surface area contributed by atoms with Crippen LogP contribution in [0.1, 0.15) is 44.2 Å². The van der Waals surface area contributed by atoms with Gasteiger partial charge in [0, 0.05) is 12.1 Å². The minimum Gasteiger partial charge on any atom is -0.423 e. The van der Waals surface area contributed by atoms with Crippen molar-refractivity contribution in [3.63, 3.8) is 0 Å². The Hall–Kier alpha value is -2.19. The van der Waals surface area contributed by atoms with Crippen LogP contribution in [0.15, 0.2) is 60.7 Å². The molecule has 0 spiro atoms. The third kappa shape index (κ3) is 8.59. The number of nitrogens with one attached hydrogen (secondary N) is 4. The van der Waals surface area contributed by atoms with E-state index in [9.17, 15) is 4.57 Å². The van der Waals surface area contributed by atoms with Crippen molar-refractivity contribution in [2.45, 2.75) is 50.7 Å². The number of thiocarbonyl (C=S) groups is 2. The third-order valence-corrected chi connectivity index (χ3v) is 6.77. The Labute approximate surface area is 206 Å². The van der Waals surface area contributed by atoms with E-state index in [-0.39, 0.29) is 23.2 Å². The van der Waals surface area contributed by atoms with Crippen LogP contribution < -0.4 is 26.0 Å². The van der Waals surface area contributed by atoms with Crippen molar-refractivity contribution in [2.24, 2.45) is 0 Å². The van der Waals surface area contributed by atoms with Crippen LogP contribution in [0.2, 0.25) is 0 Å². The average molecular weight is 507 g/mol. The van der Waals surface area contributed by atoms with Gasteiger partial charge in [-0.25, -0.2) is 10.0 Å². The highest BCUT2D eigenvalue weighted by atomic mass is 32.1. The molecule has 4 atom stereocenters. The Morgan fingerprint density at radius 3 is 2.09 bits per heavy atom. The highest BCUT2D eigenvalue weighted by Crippen LogP contribution is 2.43. The molecule has 0 radical (unpaired) electrons. The van der Waals surface area contributed by atoms with Gasteiger partial charge in [-0.1, -0.05) is 61.4 Å². The van der Waals surface area contributed by atoms with Crippen LogP contribution in [0, 0.1) is 0 Å². The molecule has 2 aromatic carbocycles. The fraction of sp³-hybridized carbons (Fsp3) is 0.391. The summed E-state index contributed by atoms with van der Waals surface area (Å²) in [6, 6.07) is 19.3. The lowest BCUT2D eigenvalue weighted by molar-refractivity contribution is 0.221. The van der Waals surface area contributed by atoms with Gasteiger partial charge in [-0.3, -0.25) is 0 Å². The predicted molar refractivity (Wildman–Crippen MR) is 140 cm³/mol. The Morgan fingerprint density at radius 2 is 1.48 bits per heavy atom. The molecule has 0 aromatic heterocycles. The lowest BCUT2D eigenvalue weighted by Crippen LogP contribution is -2.56. The first-order chi connectivity index (χ1) is 15.8. The summed E-state index contributed by atoms with van der Waals surface area (Å²) in [6.45, 7) is 3.47. The number of hydroxylamine groups is 1. The van der Waals surface area contributed by atoms with Crippen molar-refractivity contribution in [2.75, 3.05) is 6.66 Å². The minimum absolute atomic E-state index is 0.0559. The van der Waals surface area contributed by atoms with Crippen molar-refractivity contribution in [3.8, 4) is 5.75 Å². The molecule has 0 bridgehead atoms. The summed E-state index contributed by atoms with van der Waals surface area (Å²) < 4.78 is 23.3. The molecule has 1 aliphatic rings. The molecule has 1 saturated carbocycles. The van der Waals surface area contributed by atoms with Crippen molar-refractivity contribution < 1.29 is 13.7 Å². The summed E-state index contributed by atoms with van der Waals surface area (Å²) in [5, 5.41) is 10.9. The normalized spacial score (nSPS) is 20.5. The van der Waals surface area contributed by atoms with Gasteiger partial charge in [0.05, 0.1) is 12.7 Å². The summed E-state index contributed by atoms with van der Waals surface area (Å²) >= 11 is 10.9. The van der Waals surface area contributed by atoms with E-state index in [1.807, 2.05) is 24.3 Å². The molecular formula is C23H31N4O3PS2. The van der Waals surface area contributed by atoms with Crippen LogP contribution >= 0.6 is 32.0 Å². The number of para-hydroxylation sites is 1. The third-order valence-electron chi connectivity index (χ3n) is 5.36. The smallest absolute Gasteiger partial charge is 0.397 e. The van der Waals surface area contributed by atoms with Gasteiger partial charge in [-0.2, -0.15) is 4.62 Å². The highest BCUT2D eigenvalue weighted by Gasteiger charge is 2.27. The Morgan fingerprint density at radius 1 is 0.939 bits per heavy atom. The molecule has 7 nitrogen and oxygen atoms in total. The fourth-order valence-electron chi connectivity index (χ4n) is 3.72. The molecular weight excluding hydrogens is 475 g/mol. The maximum atomic E-state index is 12.6. The number of hydrogen-bond acceptors (Lipinski definition) is 5. The summed E-state index contributed by atoms with van der Waals surface area (Å²) in [7, 11) is -3.39. The molecule has 0 saturated heterocycles. The summed E-state index contributed by atoms with van der Waals surface area (Å²) in [4.78, 5) is 0. The van der Waals surface area contributed by atoms with Crippen LogP contribution in [0.4, 0.5) is 0 Å². The minimum atomic E-state index is -3.39. The van der Waals surface area contributed by atoms with E-state index in [4.69, 9.17) is 33.6 Å². The van der Waals surface area contributed by atoms with Gasteiger partial charge in [0.25, 0.3) is 0 Å². The zero-order valence-corrected chi connectivity index (χ0v) is 21.3. The van der Waals surface area contributed by atoms with E-state index in [0.29, 0.717) is 10.9 Å². The standard InChI is InChI=1S/C23H31N4O3PS2/c1-17(18-11-5-3-6-12-18)24-22(32)25-20-15-9-10-16-21(20)26-23(33)27-30-31(2,28)29-19-13-7-4-8-14-19/h3-8,11-14,17,20-21H,9-10,15-16H2,1-2H3,(H2,24,25,32)(H2,26,27,33)/t17-,20-,21-,31?/m1/s1. The van der Waals surface area contributed by atoms with Crippen molar-refractivity contribution in [1.82, 2.24) is 21.4 Å². The van der Waals surface area contributed by atoms with Crippen LogP contribution in [-0.2, 0) is 9.19 Å². The maximum Gasteiger partial charge on any atom is 0.397 e. The van der Waals surface area contributed by atoms with Gasteiger partial charge in [0.1, 0.15) is 5.75 Å². The molecule has 1 aliphatic carbocycles. The second kappa shape index (κ2) is 12.3. The Balaban J connectivity index is 1.47. The van der Waals surface area contributed by atoms with Crippen molar-refractivity contribution in [1.29, 1.82) is 0 Å². The molecule has 0 aliphatic heterocycles. The largest absolute Gasteiger partial charge is 0.423 e. The number of rotatable bonds is 8. The number of hydrogen-bond donors (Lipinski definition) is 4. The molecule has 1 fully saturated rings. The van der Waals surface area contributed by atoms with Crippen molar-refractivity contribution >= 4 is 42.3 Å². The van der Waals surface area contributed by atoms with E-state index in [2.05, 4.69) is 40.5 Å². The second-order valence-electron chi connectivity index (χ2n) is 8.09. The molecule has 10 heteroatoms. The van der Waals surface area contributed by atoms with Crippen LogP contribution in [0.3, 0.4) is 0 Å². The quantitative estimate of drug-likeness (QED) is 0.229. The molecule has 4 N–H and O–H groups in total. The first-order valence-electron chi connectivity index (χ1n) is 11.0. The molecule has 33 heavy (non-hydrogen) atoms. The average Bonchev–Trinajstić information content (AvgIpc) is 2.80. The Kier molecular flexibility index (Phi) is 9.50. The summed E-state index contributed by atoms with van der Waals surface area (Å²) in [5.74, 6) is 0.464. The molecule has 3 rings (SSSR count). The fourth-order valence-corrected chi connectivity index (χ4v) is 5.10. The topological polar surface area (TPSA) is 83.6 Å². The van der Waals surface area contributed by atoms with Crippen LogP contribution in [0.5, 0.6) is 5.75 Å². The first-order valence-corrected chi connectivity index (χ1v) is 13.8. The van der Waals surface area contributed by atoms with E-state index in [0.717, 1.165) is 25.7 Å². The monoisotopic (exact) mass is 506 g/mol. The lowest BCUT2D eigenvalue weighted by atomic mass is 9.90. The molecule has 0 heterocycles. The van der Waals surface area contributed by atoms with E-state index in [1.165, 1.54) is 12.2 Å². The Bertz CT molecular complexity index is 965. The number of benzene rings is 2. The van der Waals surface area contributed by atoms with Gasteiger partial charge in [0.2, 0.25) is 0 Å². The zero-order valence-electron chi connectivity index (χ0n) is 18.8. The summed E-state index contributed by atoms with van der Waals surface area (Å²) in [6.07, 6.45) is 4.09. The van der Waals surface area contributed by atoms with E-state index in [1.54, 1.807) is 24.3 Å². The first kappa shape index (κ1) is 25.4. The highest BCUT2D eigenvalue weighted by molar-refractivity contribution is 7.80. The molecule has 1 unspecified atom stereocenters. The molecule has 2 aromatic rings. The molecule has 0 amide bonds. The van der Waals surface area contributed by atoms with Gasteiger partial charge in [-0.15, -0.1) is 0 Å². The predicted octanol–water partition coefficient (Wildman–Crippen LogP) is 4.82. The maximum absolute atomic E-state index is 12.6. The molecule has 178 valence electrons. The van der Waals surface area contributed by atoms with E-state index < -0.39 is 7.60 Å². The lowest BCUT2D eigenvalue weighted by Gasteiger charge is -2.34. The van der Waals surface area contributed by atoms with Crippen molar-refractivity contribution in [3.05, 3.63) is 66.2 Å². The SMILES string of the molecule is C[C@@H](NC(=S)N[C@@H]1CCCC[C@H]1NC(=S)NOP(C)(=O)Oc1ccccc1)c1ccccc1. The zero-order chi connectivity index (χ0) is 23.7. The van der Waals surface area contributed by atoms with Crippen LogP contribution in [0.25, 0.3) is 0 Å².